The summed E-state index contributed by atoms with van der Waals surface area (Å²) in [5.74, 6) is -0.530. The molecule has 0 radical (unpaired) electrons. The average molecular weight is 347 g/mol. The molecule has 3 rings (SSSR count). The van der Waals surface area contributed by atoms with E-state index in [1.54, 1.807) is 42.5 Å². The van der Waals surface area contributed by atoms with Crippen LogP contribution in [0.4, 0.5) is 10.1 Å². The van der Waals surface area contributed by atoms with E-state index in [2.05, 4.69) is 10.9 Å². The molecule has 1 aromatic heterocycles. The Labute approximate surface area is 141 Å². The van der Waals surface area contributed by atoms with Crippen LogP contribution < -0.4 is 10.9 Å². The van der Waals surface area contributed by atoms with E-state index in [4.69, 9.17) is 11.6 Å². The van der Waals surface area contributed by atoms with Crippen molar-refractivity contribution in [3.05, 3.63) is 76.4 Å². The van der Waals surface area contributed by atoms with Crippen LogP contribution in [0.25, 0.3) is 10.4 Å². The molecule has 2 N–H and O–H groups in total. The number of carbonyl (C=O) groups excluding carboxylic acids is 1. The topological polar surface area (TPSA) is 41.1 Å². The van der Waals surface area contributed by atoms with E-state index in [0.29, 0.717) is 15.6 Å². The van der Waals surface area contributed by atoms with Gasteiger partial charge in [0.15, 0.2) is 0 Å². The number of hydrogen-bond acceptors (Lipinski definition) is 3. The summed E-state index contributed by atoms with van der Waals surface area (Å²) in [5.41, 5.74) is 7.00. The van der Waals surface area contributed by atoms with E-state index >= 15 is 0 Å². The first-order valence-corrected chi connectivity index (χ1v) is 7.99. The Morgan fingerprint density at radius 2 is 1.83 bits per heavy atom. The zero-order chi connectivity index (χ0) is 16.2. The van der Waals surface area contributed by atoms with Gasteiger partial charge >= 0.3 is 0 Å². The lowest BCUT2D eigenvalue weighted by molar-refractivity contribution is 0.0966. The lowest BCUT2D eigenvalue weighted by atomic mass is 10.2. The fraction of sp³-hybridized carbons (Fsp3) is 0. The molecular formula is C17H12ClFN2OS. The summed E-state index contributed by atoms with van der Waals surface area (Å²) in [7, 11) is 0. The molecule has 3 aromatic rings. The van der Waals surface area contributed by atoms with Crippen LogP contribution >= 0.6 is 22.9 Å². The molecule has 0 aliphatic rings. The Hall–Kier alpha value is -2.37. The molecule has 116 valence electrons. The molecule has 0 spiro atoms. The van der Waals surface area contributed by atoms with Crippen LogP contribution in [0.5, 0.6) is 0 Å². The lowest BCUT2D eigenvalue weighted by Gasteiger charge is -2.07. The Morgan fingerprint density at radius 3 is 2.57 bits per heavy atom. The standard InChI is InChI=1S/C17H12ClFN2OS/c18-12-2-1-3-14(10-12)20-21-17(22)16-9-8-15(23-16)11-4-6-13(19)7-5-11/h1-10,20H,(H,21,22). The maximum absolute atomic E-state index is 12.9. The molecule has 23 heavy (non-hydrogen) atoms. The summed E-state index contributed by atoms with van der Waals surface area (Å²) in [6, 6.07) is 16.8. The Bertz CT molecular complexity index is 833. The van der Waals surface area contributed by atoms with E-state index < -0.39 is 0 Å². The van der Waals surface area contributed by atoms with Gasteiger partial charge in [-0.25, -0.2) is 4.39 Å². The van der Waals surface area contributed by atoms with Gasteiger partial charge in [0.05, 0.1) is 10.6 Å². The van der Waals surface area contributed by atoms with Gasteiger partial charge in [-0.3, -0.25) is 15.6 Å². The zero-order valence-electron chi connectivity index (χ0n) is 11.8. The number of carbonyl (C=O) groups is 1. The van der Waals surface area contributed by atoms with Gasteiger partial charge in [0.2, 0.25) is 0 Å². The molecule has 0 unspecified atom stereocenters. The predicted molar refractivity (Wildman–Crippen MR) is 92.3 cm³/mol. The zero-order valence-corrected chi connectivity index (χ0v) is 13.4. The smallest absolute Gasteiger partial charge is 0.279 e. The van der Waals surface area contributed by atoms with Gasteiger partial charge in [-0.15, -0.1) is 11.3 Å². The first kappa shape index (κ1) is 15.5. The number of rotatable bonds is 4. The van der Waals surface area contributed by atoms with Gasteiger partial charge in [0, 0.05) is 9.90 Å². The minimum atomic E-state index is -0.283. The molecule has 0 saturated heterocycles. The van der Waals surface area contributed by atoms with Crippen LogP contribution in [-0.4, -0.2) is 5.91 Å². The highest BCUT2D eigenvalue weighted by Gasteiger charge is 2.10. The van der Waals surface area contributed by atoms with Crippen molar-refractivity contribution in [2.24, 2.45) is 0 Å². The largest absolute Gasteiger partial charge is 0.298 e. The maximum Gasteiger partial charge on any atom is 0.279 e. The minimum absolute atomic E-state index is 0.247. The van der Waals surface area contributed by atoms with E-state index in [-0.39, 0.29) is 11.7 Å². The number of thiophene rings is 1. The number of hydrazine groups is 1. The quantitative estimate of drug-likeness (QED) is 0.655. The summed E-state index contributed by atoms with van der Waals surface area (Å²) in [6.07, 6.45) is 0. The van der Waals surface area contributed by atoms with Crippen molar-refractivity contribution >= 4 is 34.5 Å². The van der Waals surface area contributed by atoms with Crippen LogP contribution in [0.3, 0.4) is 0 Å². The SMILES string of the molecule is O=C(NNc1cccc(Cl)c1)c1ccc(-c2ccc(F)cc2)s1. The van der Waals surface area contributed by atoms with E-state index in [0.717, 1.165) is 10.4 Å². The van der Waals surface area contributed by atoms with Gasteiger partial charge in [-0.2, -0.15) is 0 Å². The fourth-order valence-electron chi connectivity index (χ4n) is 1.99. The number of nitrogens with one attached hydrogen (secondary N) is 2. The number of anilines is 1. The first-order valence-electron chi connectivity index (χ1n) is 6.79. The van der Waals surface area contributed by atoms with Gasteiger partial charge in [-0.05, 0) is 48.0 Å². The third kappa shape index (κ3) is 3.88. The third-order valence-corrected chi connectivity index (χ3v) is 4.47. The second-order valence-corrected chi connectivity index (χ2v) is 6.28. The van der Waals surface area contributed by atoms with Gasteiger partial charge in [0.25, 0.3) is 5.91 Å². The summed E-state index contributed by atoms with van der Waals surface area (Å²) < 4.78 is 12.9. The highest BCUT2D eigenvalue weighted by Crippen LogP contribution is 2.28. The normalized spacial score (nSPS) is 10.3. The molecule has 0 aliphatic heterocycles. The molecule has 1 amide bonds. The molecule has 0 aliphatic carbocycles. The van der Waals surface area contributed by atoms with E-state index in [1.807, 2.05) is 6.07 Å². The number of hydrogen-bond donors (Lipinski definition) is 2. The summed E-state index contributed by atoms with van der Waals surface area (Å²) in [5, 5.41) is 0.582. The van der Waals surface area contributed by atoms with Crippen molar-refractivity contribution in [3.8, 4) is 10.4 Å². The maximum atomic E-state index is 12.9. The summed E-state index contributed by atoms with van der Waals surface area (Å²) in [6.45, 7) is 0. The monoisotopic (exact) mass is 346 g/mol. The highest BCUT2D eigenvalue weighted by atomic mass is 35.5. The minimum Gasteiger partial charge on any atom is -0.298 e. The van der Waals surface area contributed by atoms with Gasteiger partial charge in [-0.1, -0.05) is 29.8 Å². The molecule has 0 bridgehead atoms. The van der Waals surface area contributed by atoms with Crippen LogP contribution in [0, 0.1) is 5.82 Å². The van der Waals surface area contributed by atoms with Crippen molar-refractivity contribution in [3.63, 3.8) is 0 Å². The molecule has 1 heterocycles. The second-order valence-electron chi connectivity index (χ2n) is 4.76. The molecule has 0 saturated carbocycles. The molecule has 0 atom stereocenters. The molecule has 0 fully saturated rings. The Morgan fingerprint density at radius 1 is 1.04 bits per heavy atom. The number of halogens is 2. The molecule has 3 nitrogen and oxygen atoms in total. The second kappa shape index (κ2) is 6.81. The third-order valence-electron chi connectivity index (χ3n) is 3.10. The van der Waals surface area contributed by atoms with Crippen molar-refractivity contribution < 1.29 is 9.18 Å². The van der Waals surface area contributed by atoms with E-state index in [9.17, 15) is 9.18 Å². The first-order chi connectivity index (χ1) is 11.1. The predicted octanol–water partition coefficient (Wildman–Crippen LogP) is 4.96. The van der Waals surface area contributed by atoms with Crippen LogP contribution in [0.1, 0.15) is 9.67 Å². The summed E-state index contributed by atoms with van der Waals surface area (Å²) in [4.78, 5) is 13.6. The van der Waals surface area contributed by atoms with Gasteiger partial charge in [0.1, 0.15) is 5.82 Å². The van der Waals surface area contributed by atoms with Crippen molar-refractivity contribution in [1.29, 1.82) is 0 Å². The van der Waals surface area contributed by atoms with Crippen LogP contribution in [0.2, 0.25) is 5.02 Å². The Balaban J connectivity index is 1.67. The van der Waals surface area contributed by atoms with Crippen molar-refractivity contribution in [1.82, 2.24) is 5.43 Å². The highest BCUT2D eigenvalue weighted by molar-refractivity contribution is 7.17. The van der Waals surface area contributed by atoms with Gasteiger partial charge < -0.3 is 0 Å². The van der Waals surface area contributed by atoms with Crippen LogP contribution in [0.15, 0.2) is 60.7 Å². The molecular weight excluding hydrogens is 335 g/mol. The number of benzene rings is 2. The Kier molecular flexibility index (Phi) is 4.60. The number of amides is 1. The fourth-order valence-corrected chi connectivity index (χ4v) is 3.08. The average Bonchev–Trinajstić information content (AvgIpc) is 3.03. The van der Waals surface area contributed by atoms with Crippen molar-refractivity contribution in [2.75, 3.05) is 5.43 Å². The van der Waals surface area contributed by atoms with E-state index in [1.165, 1.54) is 23.5 Å². The van der Waals surface area contributed by atoms with Crippen molar-refractivity contribution in [2.45, 2.75) is 0 Å². The molecule has 2 aromatic carbocycles. The molecule has 6 heteroatoms. The summed E-state index contributed by atoms with van der Waals surface area (Å²) >= 11 is 7.22. The van der Waals surface area contributed by atoms with Crippen LogP contribution in [-0.2, 0) is 0 Å². The lowest BCUT2D eigenvalue weighted by Crippen LogP contribution is -2.28.